The van der Waals surface area contributed by atoms with Gasteiger partial charge in [0, 0.05) is 54.3 Å². The molecule has 1 aliphatic carbocycles. The van der Waals surface area contributed by atoms with Gasteiger partial charge in [0.05, 0.1) is 12.8 Å². The molecule has 0 bridgehead atoms. The van der Waals surface area contributed by atoms with Gasteiger partial charge in [-0.3, -0.25) is 14.8 Å². The number of carbonyl (C=O) groups is 1. The largest absolute Gasteiger partial charge is 0.496 e. The standard InChI is InChI=1S/C31H32FN7O2/c1-20-13-21(9-11-38(17-20)18-25-26(32)6-4-8-28(25)41-2)16-33-31(40)23-5-3-7-27-24(14-23)30(37-36-27)22-10-12-39-29(15-22)34-19-35-39/h3-4,6-8,10,12,14-16,19-20H,5,9,11,13,17-18H2,1-2H3,(H,33,40)(H,36,37)/b21-16+. The average Bonchev–Trinajstić information content (AvgIpc) is 3.49. The van der Waals surface area contributed by atoms with Gasteiger partial charge in [0.2, 0.25) is 0 Å². The molecule has 1 saturated heterocycles. The molecule has 1 atom stereocenters. The van der Waals surface area contributed by atoms with E-state index in [9.17, 15) is 9.18 Å². The summed E-state index contributed by atoms with van der Waals surface area (Å²) in [6.07, 6.45) is 13.2. The lowest BCUT2D eigenvalue weighted by Gasteiger charge is -2.23. The van der Waals surface area contributed by atoms with Crippen LogP contribution in [0.5, 0.6) is 5.75 Å². The molecule has 2 N–H and O–H groups in total. The van der Waals surface area contributed by atoms with E-state index in [2.05, 4.69) is 37.4 Å². The zero-order valence-electron chi connectivity index (χ0n) is 23.1. The van der Waals surface area contributed by atoms with E-state index in [1.165, 1.54) is 18.0 Å². The van der Waals surface area contributed by atoms with E-state index in [0.717, 1.165) is 54.1 Å². The maximum Gasteiger partial charge on any atom is 0.251 e. The number of hydrogen-bond donors (Lipinski definition) is 2. The van der Waals surface area contributed by atoms with Crippen LogP contribution in [0.25, 0.3) is 29.1 Å². The van der Waals surface area contributed by atoms with Gasteiger partial charge in [-0.05, 0) is 61.6 Å². The number of carbonyl (C=O) groups excluding carboxylic acids is 1. The number of aromatic amines is 1. The minimum Gasteiger partial charge on any atom is -0.496 e. The summed E-state index contributed by atoms with van der Waals surface area (Å²) < 4.78 is 21.6. The first-order valence-corrected chi connectivity index (χ1v) is 13.8. The van der Waals surface area contributed by atoms with E-state index in [-0.39, 0.29) is 11.7 Å². The molecule has 4 heterocycles. The molecule has 6 rings (SSSR count). The lowest BCUT2D eigenvalue weighted by molar-refractivity contribution is -0.116. The van der Waals surface area contributed by atoms with Crippen molar-refractivity contribution in [3.8, 4) is 17.0 Å². The Bertz CT molecular complexity index is 1680. The topological polar surface area (TPSA) is 100 Å². The SMILES string of the molecule is COc1cccc(F)c1CN1CC/C(=C\NC(=O)C2=Cc3c(-c4ccn5ncnc5c4)n[nH]c3C=CC2)CC(C)C1. The molecule has 0 saturated carbocycles. The number of halogens is 1. The zero-order chi connectivity index (χ0) is 28.3. The third kappa shape index (κ3) is 5.69. The van der Waals surface area contributed by atoms with Crippen molar-refractivity contribution in [2.24, 2.45) is 5.92 Å². The summed E-state index contributed by atoms with van der Waals surface area (Å²) in [6.45, 7) is 4.28. The van der Waals surface area contributed by atoms with Gasteiger partial charge >= 0.3 is 0 Å². The van der Waals surface area contributed by atoms with Crippen molar-refractivity contribution in [2.45, 2.75) is 32.7 Å². The predicted molar refractivity (Wildman–Crippen MR) is 155 cm³/mol. The number of benzene rings is 1. The Morgan fingerprint density at radius 1 is 1.32 bits per heavy atom. The number of aromatic nitrogens is 5. The molecule has 210 valence electrons. The highest BCUT2D eigenvalue weighted by molar-refractivity contribution is 6.00. The highest BCUT2D eigenvalue weighted by atomic mass is 19.1. The summed E-state index contributed by atoms with van der Waals surface area (Å²) >= 11 is 0. The van der Waals surface area contributed by atoms with E-state index >= 15 is 0 Å². The van der Waals surface area contributed by atoms with Crippen molar-refractivity contribution in [1.82, 2.24) is 35.0 Å². The minimum atomic E-state index is -0.252. The van der Waals surface area contributed by atoms with Gasteiger partial charge in [-0.15, -0.1) is 0 Å². The lowest BCUT2D eigenvalue weighted by Crippen LogP contribution is -2.27. The average molecular weight is 554 g/mol. The molecular formula is C31H32FN7O2. The highest BCUT2D eigenvalue weighted by Crippen LogP contribution is 2.31. The van der Waals surface area contributed by atoms with Crippen LogP contribution < -0.4 is 10.1 Å². The van der Waals surface area contributed by atoms with Crippen molar-refractivity contribution < 1.29 is 13.9 Å². The number of pyridine rings is 1. The molecule has 41 heavy (non-hydrogen) atoms. The lowest BCUT2D eigenvalue weighted by atomic mass is 10.0. The van der Waals surface area contributed by atoms with Gasteiger partial charge in [-0.25, -0.2) is 13.9 Å². The molecule has 1 unspecified atom stereocenters. The number of nitrogens with zero attached hydrogens (tertiary/aromatic N) is 5. The number of amides is 1. The normalized spacial score (nSPS) is 18.6. The maximum absolute atomic E-state index is 14.5. The van der Waals surface area contributed by atoms with Crippen LogP contribution in [0.1, 0.15) is 43.0 Å². The number of hydrogen-bond acceptors (Lipinski definition) is 6. The van der Waals surface area contributed by atoms with Gasteiger partial charge in [-0.2, -0.15) is 10.2 Å². The van der Waals surface area contributed by atoms with E-state index in [1.54, 1.807) is 23.8 Å². The fourth-order valence-corrected chi connectivity index (χ4v) is 5.61. The first kappa shape index (κ1) is 26.6. The Morgan fingerprint density at radius 2 is 2.22 bits per heavy atom. The number of likely N-dealkylation sites (tertiary alicyclic amines) is 1. The monoisotopic (exact) mass is 553 g/mol. The van der Waals surface area contributed by atoms with Gasteiger partial charge in [-0.1, -0.05) is 24.6 Å². The van der Waals surface area contributed by atoms with Gasteiger partial charge in [0.25, 0.3) is 5.91 Å². The molecule has 1 amide bonds. The second-order valence-electron chi connectivity index (χ2n) is 10.6. The van der Waals surface area contributed by atoms with Crippen LogP contribution in [-0.4, -0.2) is 55.8 Å². The Kier molecular flexibility index (Phi) is 7.47. The number of nitrogens with one attached hydrogen (secondary N) is 2. The second kappa shape index (κ2) is 11.5. The fourth-order valence-electron chi connectivity index (χ4n) is 5.61. The molecule has 1 aliphatic heterocycles. The fraction of sp³-hybridized carbons (Fsp3) is 0.290. The van der Waals surface area contributed by atoms with Crippen LogP contribution in [0.15, 0.2) is 66.3 Å². The van der Waals surface area contributed by atoms with Crippen molar-refractivity contribution in [1.29, 1.82) is 0 Å². The van der Waals surface area contributed by atoms with Crippen molar-refractivity contribution in [2.75, 3.05) is 20.2 Å². The molecule has 0 radical (unpaired) electrons. The Balaban J connectivity index is 1.16. The first-order chi connectivity index (χ1) is 20.0. The van der Waals surface area contributed by atoms with E-state index in [0.29, 0.717) is 35.8 Å². The van der Waals surface area contributed by atoms with E-state index in [4.69, 9.17) is 4.74 Å². The minimum absolute atomic E-state index is 0.139. The van der Waals surface area contributed by atoms with Crippen LogP contribution in [0.4, 0.5) is 4.39 Å². The third-order valence-corrected chi connectivity index (χ3v) is 7.63. The summed E-state index contributed by atoms with van der Waals surface area (Å²) in [4.78, 5) is 19.8. The molecule has 1 aromatic carbocycles. The molecule has 1 fully saturated rings. The summed E-state index contributed by atoms with van der Waals surface area (Å²) in [6, 6.07) is 8.79. The molecule has 9 nitrogen and oxygen atoms in total. The van der Waals surface area contributed by atoms with Gasteiger partial charge < -0.3 is 10.1 Å². The molecule has 4 aromatic rings. The van der Waals surface area contributed by atoms with Crippen LogP contribution in [0.2, 0.25) is 0 Å². The zero-order valence-corrected chi connectivity index (χ0v) is 23.1. The van der Waals surface area contributed by atoms with Crippen LogP contribution in [0, 0.1) is 11.7 Å². The summed E-state index contributed by atoms with van der Waals surface area (Å²) in [7, 11) is 1.57. The molecular weight excluding hydrogens is 521 g/mol. The third-order valence-electron chi connectivity index (χ3n) is 7.63. The number of fused-ring (bicyclic) bond motifs is 2. The number of methoxy groups -OCH3 is 1. The number of allylic oxidation sites excluding steroid dienone is 1. The predicted octanol–water partition coefficient (Wildman–Crippen LogP) is 5.00. The second-order valence-corrected chi connectivity index (χ2v) is 10.6. The smallest absolute Gasteiger partial charge is 0.251 e. The van der Waals surface area contributed by atoms with Crippen LogP contribution in [-0.2, 0) is 11.3 Å². The molecule has 3 aromatic heterocycles. The van der Waals surface area contributed by atoms with Crippen molar-refractivity contribution in [3.05, 3.63) is 88.9 Å². The van der Waals surface area contributed by atoms with E-state index < -0.39 is 0 Å². The Hall–Kier alpha value is -4.57. The molecule has 2 aliphatic rings. The number of rotatable bonds is 6. The van der Waals surface area contributed by atoms with Crippen LogP contribution >= 0.6 is 0 Å². The number of ether oxygens (including phenoxy) is 1. The van der Waals surface area contributed by atoms with Crippen molar-refractivity contribution in [3.63, 3.8) is 0 Å². The van der Waals surface area contributed by atoms with Gasteiger partial charge in [0.1, 0.15) is 23.6 Å². The number of H-pyrrole nitrogens is 1. The summed E-state index contributed by atoms with van der Waals surface area (Å²) in [5, 5.41) is 14.8. The van der Waals surface area contributed by atoms with Crippen LogP contribution in [0.3, 0.4) is 0 Å². The van der Waals surface area contributed by atoms with Crippen molar-refractivity contribution >= 4 is 23.7 Å². The van der Waals surface area contributed by atoms with E-state index in [1.807, 2.05) is 42.8 Å². The first-order valence-electron chi connectivity index (χ1n) is 13.8. The highest BCUT2D eigenvalue weighted by Gasteiger charge is 2.22. The van der Waals surface area contributed by atoms with Gasteiger partial charge in [0.15, 0.2) is 5.65 Å². The quantitative estimate of drug-likeness (QED) is 0.349. The summed E-state index contributed by atoms with van der Waals surface area (Å²) in [5.41, 5.74) is 6.49. The molecule has 0 spiro atoms. The maximum atomic E-state index is 14.5. The molecule has 10 heteroatoms. The summed E-state index contributed by atoms with van der Waals surface area (Å²) in [5.74, 6) is 0.536. The Morgan fingerprint density at radius 3 is 3.10 bits per heavy atom. The Labute approximate surface area is 237 Å².